The van der Waals surface area contributed by atoms with Crippen molar-refractivity contribution < 1.29 is 23.8 Å². The van der Waals surface area contributed by atoms with E-state index in [2.05, 4.69) is 27.3 Å². The van der Waals surface area contributed by atoms with Gasteiger partial charge in [0.1, 0.15) is 0 Å². The smallest absolute Gasteiger partial charge is 0.336 e. The fourth-order valence-corrected chi connectivity index (χ4v) is 5.99. The van der Waals surface area contributed by atoms with Gasteiger partial charge in [0, 0.05) is 44.6 Å². The molecule has 0 spiro atoms. The van der Waals surface area contributed by atoms with Gasteiger partial charge in [0.15, 0.2) is 17.3 Å². The number of rotatable bonds is 3. The van der Waals surface area contributed by atoms with Crippen molar-refractivity contribution in [1.82, 2.24) is 5.32 Å². The number of benzene rings is 1. The van der Waals surface area contributed by atoms with E-state index >= 15 is 0 Å². The highest BCUT2D eigenvalue weighted by Gasteiger charge is 2.42. The Kier molecular flexibility index (Phi) is 5.14. The third kappa shape index (κ3) is 3.38. The molecule has 1 N–H and O–H groups in total. The molecule has 2 aromatic rings. The Morgan fingerprint density at radius 1 is 1.26 bits per heavy atom. The van der Waals surface area contributed by atoms with Crippen molar-refractivity contribution in [3.8, 4) is 11.5 Å². The molecule has 3 heterocycles. The van der Waals surface area contributed by atoms with Crippen LogP contribution in [-0.2, 0) is 14.3 Å². The Morgan fingerprint density at radius 2 is 2.03 bits per heavy atom. The van der Waals surface area contributed by atoms with E-state index in [9.17, 15) is 9.59 Å². The van der Waals surface area contributed by atoms with Crippen LogP contribution in [0, 0.1) is 0 Å². The molecule has 5 rings (SSSR count). The number of fused-ring (bicyclic) bond motifs is 1. The molecular weight excluding hydrogens is 482 g/mol. The van der Waals surface area contributed by atoms with E-state index in [1.807, 2.05) is 30.5 Å². The summed E-state index contributed by atoms with van der Waals surface area (Å²) in [7, 11) is 1.35. The molecule has 3 aliphatic rings. The number of hydrogen-bond donors (Lipinski definition) is 1. The van der Waals surface area contributed by atoms with Gasteiger partial charge in [0.25, 0.3) is 0 Å². The first-order valence-electron chi connectivity index (χ1n) is 9.92. The zero-order valence-electron chi connectivity index (χ0n) is 17.0. The summed E-state index contributed by atoms with van der Waals surface area (Å²) in [5.74, 6) is 0.388. The molecule has 0 radical (unpaired) electrons. The number of hydrogen-bond acceptors (Lipinski definition) is 7. The van der Waals surface area contributed by atoms with E-state index in [4.69, 9.17) is 14.2 Å². The molecular formula is C23H20BrNO5S. The highest BCUT2D eigenvalue weighted by molar-refractivity contribution is 9.10. The number of carbonyl (C=O) groups excluding carboxylic acids is 2. The summed E-state index contributed by atoms with van der Waals surface area (Å²) >= 11 is 5.29. The number of allylic oxidation sites excluding steroid dienone is 3. The summed E-state index contributed by atoms with van der Waals surface area (Å²) in [4.78, 5) is 27.5. The molecule has 8 heteroatoms. The van der Waals surface area contributed by atoms with Gasteiger partial charge in [0.05, 0.1) is 12.7 Å². The van der Waals surface area contributed by atoms with Crippen LogP contribution in [0.5, 0.6) is 11.5 Å². The first-order chi connectivity index (χ1) is 15.0. The van der Waals surface area contributed by atoms with Crippen molar-refractivity contribution in [3.63, 3.8) is 0 Å². The van der Waals surface area contributed by atoms with Gasteiger partial charge in [-0.05, 0) is 42.5 Å². The monoisotopic (exact) mass is 501 g/mol. The van der Waals surface area contributed by atoms with Crippen molar-refractivity contribution in [1.29, 1.82) is 0 Å². The van der Waals surface area contributed by atoms with Crippen molar-refractivity contribution in [3.05, 3.63) is 67.1 Å². The molecule has 2 atom stereocenters. The first-order valence-corrected chi connectivity index (χ1v) is 11.6. The summed E-state index contributed by atoms with van der Waals surface area (Å²) < 4.78 is 16.9. The Hall–Kier alpha value is -2.58. The number of ether oxygens (including phenoxy) is 3. The highest BCUT2D eigenvalue weighted by Crippen LogP contribution is 2.49. The lowest BCUT2D eigenvalue weighted by Gasteiger charge is -2.36. The molecule has 6 nitrogen and oxygen atoms in total. The van der Waals surface area contributed by atoms with Crippen molar-refractivity contribution in [2.45, 2.75) is 31.6 Å². The minimum atomic E-state index is -0.552. The number of Topliss-reactive ketones (excluding diaryl/α,β-unsaturated/α-hetero) is 1. The number of methoxy groups -OCH3 is 1. The van der Waals surface area contributed by atoms with E-state index < -0.39 is 11.9 Å². The number of carbonyl (C=O) groups is 2. The molecule has 31 heavy (non-hydrogen) atoms. The second kappa shape index (κ2) is 7.84. The molecule has 0 saturated heterocycles. The largest absolute Gasteiger partial charge is 0.466 e. The third-order valence-electron chi connectivity index (χ3n) is 5.98. The van der Waals surface area contributed by atoms with E-state index in [1.54, 1.807) is 11.3 Å². The second-order valence-corrected chi connectivity index (χ2v) is 9.58. The van der Waals surface area contributed by atoms with Crippen LogP contribution in [0.2, 0.25) is 0 Å². The lowest BCUT2D eigenvalue weighted by molar-refractivity contribution is -0.136. The molecule has 0 fully saturated rings. The average molecular weight is 502 g/mol. The summed E-state index contributed by atoms with van der Waals surface area (Å²) in [5.41, 5.74) is 3.40. The molecule has 2 aliphatic heterocycles. The number of dihydropyridines is 1. The van der Waals surface area contributed by atoms with Gasteiger partial charge < -0.3 is 19.5 Å². The highest BCUT2D eigenvalue weighted by atomic mass is 79.9. The average Bonchev–Trinajstić information content (AvgIpc) is 3.43. The van der Waals surface area contributed by atoms with E-state index in [0.717, 1.165) is 15.7 Å². The normalized spacial score (nSPS) is 22.4. The molecule has 1 aromatic carbocycles. The van der Waals surface area contributed by atoms with Gasteiger partial charge in [-0.25, -0.2) is 4.79 Å². The minimum absolute atomic E-state index is 0.0376. The molecule has 1 aliphatic carbocycles. The Labute approximate surface area is 192 Å². The topological polar surface area (TPSA) is 73.9 Å². The molecule has 160 valence electrons. The molecule has 1 aromatic heterocycles. The fourth-order valence-electron chi connectivity index (χ4n) is 4.61. The minimum Gasteiger partial charge on any atom is -0.466 e. The summed E-state index contributed by atoms with van der Waals surface area (Å²) in [6, 6.07) is 7.76. The van der Waals surface area contributed by atoms with E-state index in [1.165, 1.54) is 12.0 Å². The van der Waals surface area contributed by atoms with Crippen LogP contribution in [0.3, 0.4) is 0 Å². The van der Waals surface area contributed by atoms with Gasteiger partial charge >= 0.3 is 5.97 Å². The lowest BCUT2D eigenvalue weighted by atomic mass is 9.72. The second-order valence-electron chi connectivity index (χ2n) is 7.75. The van der Waals surface area contributed by atoms with E-state index in [0.29, 0.717) is 41.2 Å². The lowest BCUT2D eigenvalue weighted by Crippen LogP contribution is -2.36. The van der Waals surface area contributed by atoms with Crippen LogP contribution in [0.15, 0.2) is 56.7 Å². The first kappa shape index (κ1) is 20.3. The van der Waals surface area contributed by atoms with Gasteiger partial charge in [-0.3, -0.25) is 4.79 Å². The van der Waals surface area contributed by atoms with Crippen LogP contribution in [-0.4, -0.2) is 25.7 Å². The van der Waals surface area contributed by atoms with Crippen LogP contribution >= 0.6 is 27.3 Å². The number of esters is 1. The number of halogens is 1. The molecule has 0 amide bonds. The Bertz CT molecular complexity index is 1150. The van der Waals surface area contributed by atoms with Crippen LogP contribution in [0.1, 0.15) is 42.0 Å². The van der Waals surface area contributed by atoms with Gasteiger partial charge in [-0.2, -0.15) is 0 Å². The molecule has 0 unspecified atom stereocenters. The predicted octanol–water partition coefficient (Wildman–Crippen LogP) is 4.77. The predicted molar refractivity (Wildman–Crippen MR) is 119 cm³/mol. The number of thiophene rings is 1. The maximum absolute atomic E-state index is 13.5. The fraction of sp³-hybridized carbons (Fsp3) is 0.304. The summed E-state index contributed by atoms with van der Waals surface area (Å²) in [6.07, 6.45) is 1.12. The summed E-state index contributed by atoms with van der Waals surface area (Å²) in [5, 5.41) is 5.38. The standard InChI is InChI=1S/C23H20BrNO5S/c1-11-20(23(27)28-2)21(13-8-17-18(9-14(13)24)30-10-29-17)22-15(25-11)6-12(7-16(22)26)19-4-3-5-31-19/h3-5,8-9,12,21,25H,6-7,10H2,1-2H3/t12-,21-/m0/s1. The van der Waals surface area contributed by atoms with E-state index in [-0.39, 0.29) is 18.5 Å². The van der Waals surface area contributed by atoms with Gasteiger partial charge in [-0.1, -0.05) is 22.0 Å². The third-order valence-corrected chi connectivity index (χ3v) is 7.70. The van der Waals surface area contributed by atoms with Crippen molar-refractivity contribution in [2.75, 3.05) is 13.9 Å². The number of nitrogens with one attached hydrogen (secondary N) is 1. The Morgan fingerprint density at radius 3 is 2.74 bits per heavy atom. The van der Waals surface area contributed by atoms with Crippen LogP contribution in [0.4, 0.5) is 0 Å². The summed E-state index contributed by atoms with van der Waals surface area (Å²) in [6.45, 7) is 1.99. The van der Waals surface area contributed by atoms with Crippen molar-refractivity contribution >= 4 is 39.0 Å². The zero-order chi connectivity index (χ0) is 21.7. The zero-order valence-corrected chi connectivity index (χ0v) is 19.4. The maximum Gasteiger partial charge on any atom is 0.336 e. The van der Waals surface area contributed by atoms with Crippen LogP contribution in [0.25, 0.3) is 0 Å². The van der Waals surface area contributed by atoms with Gasteiger partial charge in [-0.15, -0.1) is 11.3 Å². The number of ketones is 1. The van der Waals surface area contributed by atoms with Gasteiger partial charge in [0.2, 0.25) is 6.79 Å². The molecule has 0 saturated carbocycles. The maximum atomic E-state index is 13.5. The molecule has 0 bridgehead atoms. The van der Waals surface area contributed by atoms with Crippen LogP contribution < -0.4 is 14.8 Å². The quantitative estimate of drug-likeness (QED) is 0.610. The van der Waals surface area contributed by atoms with Crippen molar-refractivity contribution in [2.24, 2.45) is 0 Å². The Balaban J connectivity index is 1.66. The SMILES string of the molecule is COC(=O)C1=C(C)NC2=C(C(=O)C[C@@H](c3cccs3)C2)[C@H]1c1cc2c(cc1Br)OCO2.